The van der Waals surface area contributed by atoms with E-state index in [1.54, 1.807) is 7.11 Å². The van der Waals surface area contributed by atoms with Crippen molar-refractivity contribution in [1.29, 1.82) is 0 Å². The first kappa shape index (κ1) is 19.8. The van der Waals surface area contributed by atoms with Crippen molar-refractivity contribution in [3.05, 3.63) is 90.5 Å². The molecule has 0 saturated heterocycles. The Kier molecular flexibility index (Phi) is 5.25. The monoisotopic (exact) mass is 425 g/mol. The van der Waals surface area contributed by atoms with Gasteiger partial charge in [0.1, 0.15) is 6.17 Å². The number of carbonyl (C=O) groups is 1. The van der Waals surface area contributed by atoms with Crippen LogP contribution in [-0.2, 0) is 4.79 Å². The number of para-hydroxylation sites is 1. The van der Waals surface area contributed by atoms with E-state index in [1.165, 1.54) is 10.8 Å². The minimum absolute atomic E-state index is 0.111. The van der Waals surface area contributed by atoms with Gasteiger partial charge in [0.2, 0.25) is 0 Å². The number of hydrogen-bond acceptors (Lipinski definition) is 5. The molecule has 0 bridgehead atoms. The number of rotatable bonds is 6. The molecule has 0 aliphatic carbocycles. The number of amides is 1. The highest BCUT2D eigenvalue weighted by Crippen LogP contribution is 2.39. The van der Waals surface area contributed by atoms with Crippen LogP contribution in [0.5, 0.6) is 11.5 Å². The molecule has 0 atom stereocenters. The Morgan fingerprint density at radius 1 is 0.875 bits per heavy atom. The average molecular weight is 425 g/mol. The molecular weight excluding hydrogens is 402 g/mol. The summed E-state index contributed by atoms with van der Waals surface area (Å²) in [4.78, 5) is 12.2. The quantitative estimate of drug-likeness (QED) is 0.386. The van der Waals surface area contributed by atoms with Crippen LogP contribution in [0.1, 0.15) is 11.7 Å². The first-order chi connectivity index (χ1) is 15.7. The van der Waals surface area contributed by atoms with E-state index in [-0.39, 0.29) is 18.7 Å². The van der Waals surface area contributed by atoms with Crippen LogP contribution in [0.15, 0.2) is 84.9 Å². The highest BCUT2D eigenvalue weighted by atomic mass is 16.5. The molecule has 0 spiro atoms. The Morgan fingerprint density at radius 2 is 1.59 bits per heavy atom. The maximum atomic E-state index is 12.2. The van der Waals surface area contributed by atoms with Crippen molar-refractivity contribution < 1.29 is 14.3 Å². The van der Waals surface area contributed by atoms with Crippen molar-refractivity contribution in [2.24, 2.45) is 0 Å². The van der Waals surface area contributed by atoms with E-state index in [2.05, 4.69) is 52.3 Å². The molecule has 0 unspecified atom stereocenters. The van der Waals surface area contributed by atoms with Gasteiger partial charge in [0.15, 0.2) is 18.1 Å². The number of hydrogen-bond donors (Lipinski definition) is 3. The van der Waals surface area contributed by atoms with E-state index in [4.69, 9.17) is 9.47 Å². The zero-order valence-electron chi connectivity index (χ0n) is 17.6. The van der Waals surface area contributed by atoms with E-state index < -0.39 is 0 Å². The Balaban J connectivity index is 1.31. The lowest BCUT2D eigenvalue weighted by Gasteiger charge is -2.30. The second kappa shape index (κ2) is 8.51. The summed E-state index contributed by atoms with van der Waals surface area (Å²) < 4.78 is 11.3. The van der Waals surface area contributed by atoms with Crippen LogP contribution in [0.4, 0.5) is 17.1 Å². The van der Waals surface area contributed by atoms with Gasteiger partial charge in [-0.25, -0.2) is 0 Å². The highest BCUT2D eigenvalue weighted by molar-refractivity contribution is 6.04. The van der Waals surface area contributed by atoms with E-state index >= 15 is 0 Å². The van der Waals surface area contributed by atoms with Crippen molar-refractivity contribution in [3.63, 3.8) is 0 Å². The third kappa shape index (κ3) is 3.90. The molecule has 1 heterocycles. The Morgan fingerprint density at radius 3 is 2.28 bits per heavy atom. The van der Waals surface area contributed by atoms with Gasteiger partial charge in [0, 0.05) is 22.4 Å². The molecule has 5 rings (SSSR count). The van der Waals surface area contributed by atoms with Crippen molar-refractivity contribution in [1.82, 2.24) is 0 Å². The SMILES string of the molecule is COc1cc(C2Nc3cccc4cccc(c34)N2)ccc1OCC(=O)Nc1ccccc1. The average Bonchev–Trinajstić information content (AvgIpc) is 2.83. The van der Waals surface area contributed by atoms with Gasteiger partial charge in [-0.2, -0.15) is 0 Å². The van der Waals surface area contributed by atoms with Gasteiger partial charge in [-0.3, -0.25) is 4.79 Å². The Labute approximate surface area is 186 Å². The first-order valence-electron chi connectivity index (χ1n) is 10.4. The van der Waals surface area contributed by atoms with E-state index in [9.17, 15) is 4.79 Å². The zero-order valence-corrected chi connectivity index (χ0v) is 17.6. The molecule has 0 aromatic heterocycles. The summed E-state index contributed by atoms with van der Waals surface area (Å²) in [6.07, 6.45) is -0.125. The van der Waals surface area contributed by atoms with Crippen molar-refractivity contribution >= 4 is 33.7 Å². The number of ether oxygens (including phenoxy) is 2. The summed E-state index contributed by atoms with van der Waals surface area (Å²) in [6, 6.07) is 27.5. The summed E-state index contributed by atoms with van der Waals surface area (Å²) in [6.45, 7) is -0.111. The molecule has 4 aromatic rings. The van der Waals surface area contributed by atoms with Crippen LogP contribution >= 0.6 is 0 Å². The number of carbonyl (C=O) groups excluding carboxylic acids is 1. The molecule has 0 fully saturated rings. The molecule has 6 heteroatoms. The van der Waals surface area contributed by atoms with E-state index in [0.717, 1.165) is 22.6 Å². The Bertz CT molecular complexity index is 1230. The fraction of sp³-hybridized carbons (Fsp3) is 0.115. The standard InChI is InChI=1S/C26H23N3O3/c1-31-23-15-18(13-14-22(23)32-16-24(30)27-19-9-3-2-4-10-19)26-28-20-11-5-7-17-8-6-12-21(29-26)25(17)20/h2-15,26,28-29H,16H2,1H3,(H,27,30). The lowest BCUT2D eigenvalue weighted by Crippen LogP contribution is -2.23. The van der Waals surface area contributed by atoms with Gasteiger partial charge in [0.05, 0.1) is 7.11 Å². The van der Waals surface area contributed by atoms with Gasteiger partial charge < -0.3 is 25.4 Å². The maximum absolute atomic E-state index is 12.2. The molecule has 160 valence electrons. The highest BCUT2D eigenvalue weighted by Gasteiger charge is 2.21. The van der Waals surface area contributed by atoms with Crippen molar-refractivity contribution in [2.45, 2.75) is 6.17 Å². The zero-order chi connectivity index (χ0) is 21.9. The molecule has 3 N–H and O–H groups in total. The largest absolute Gasteiger partial charge is 0.493 e. The predicted octanol–water partition coefficient (Wildman–Crippen LogP) is 5.40. The van der Waals surface area contributed by atoms with Gasteiger partial charge in [-0.15, -0.1) is 0 Å². The summed E-state index contributed by atoms with van der Waals surface area (Å²) >= 11 is 0. The van der Waals surface area contributed by atoms with Crippen LogP contribution in [-0.4, -0.2) is 19.6 Å². The first-order valence-corrected chi connectivity index (χ1v) is 10.4. The summed E-state index contributed by atoms with van der Waals surface area (Å²) in [5.74, 6) is 0.844. The van der Waals surface area contributed by atoms with Gasteiger partial charge in [0.25, 0.3) is 5.91 Å². The number of benzene rings is 4. The summed E-state index contributed by atoms with van der Waals surface area (Å²) in [5.41, 5.74) is 3.89. The second-order valence-corrected chi connectivity index (χ2v) is 7.54. The smallest absolute Gasteiger partial charge is 0.262 e. The molecule has 6 nitrogen and oxygen atoms in total. The molecule has 1 amide bonds. The van der Waals surface area contributed by atoms with E-state index in [1.807, 2.05) is 48.5 Å². The van der Waals surface area contributed by atoms with Crippen LogP contribution in [0, 0.1) is 0 Å². The van der Waals surface area contributed by atoms with Crippen LogP contribution in [0.2, 0.25) is 0 Å². The minimum Gasteiger partial charge on any atom is -0.493 e. The van der Waals surface area contributed by atoms with E-state index in [0.29, 0.717) is 11.5 Å². The second-order valence-electron chi connectivity index (χ2n) is 7.54. The third-order valence-corrected chi connectivity index (χ3v) is 5.44. The lowest BCUT2D eigenvalue weighted by atomic mass is 10.0. The van der Waals surface area contributed by atoms with Gasteiger partial charge >= 0.3 is 0 Å². The normalized spacial score (nSPS) is 12.5. The molecular formula is C26H23N3O3. The number of methoxy groups -OCH3 is 1. The van der Waals surface area contributed by atoms with Gasteiger partial charge in [-0.1, -0.05) is 48.5 Å². The predicted molar refractivity (Wildman–Crippen MR) is 127 cm³/mol. The van der Waals surface area contributed by atoms with Crippen molar-refractivity contribution in [2.75, 3.05) is 29.7 Å². The molecule has 0 radical (unpaired) electrons. The van der Waals surface area contributed by atoms with Crippen molar-refractivity contribution in [3.8, 4) is 11.5 Å². The topological polar surface area (TPSA) is 71.6 Å². The number of anilines is 3. The Hall–Kier alpha value is -4.19. The molecule has 1 aliphatic rings. The molecule has 4 aromatic carbocycles. The molecule has 1 aliphatic heterocycles. The number of nitrogens with one attached hydrogen (secondary N) is 3. The summed E-state index contributed by atoms with van der Waals surface area (Å²) in [7, 11) is 1.59. The van der Waals surface area contributed by atoms with Gasteiger partial charge in [-0.05, 0) is 47.3 Å². The molecule has 32 heavy (non-hydrogen) atoms. The fourth-order valence-electron chi connectivity index (χ4n) is 3.94. The lowest BCUT2D eigenvalue weighted by molar-refractivity contribution is -0.118. The minimum atomic E-state index is -0.234. The molecule has 0 saturated carbocycles. The third-order valence-electron chi connectivity index (χ3n) is 5.44. The summed E-state index contributed by atoms with van der Waals surface area (Å²) in [5, 5.41) is 12.3. The van der Waals surface area contributed by atoms with Crippen LogP contribution in [0.3, 0.4) is 0 Å². The van der Waals surface area contributed by atoms with Crippen LogP contribution < -0.4 is 25.4 Å². The van der Waals surface area contributed by atoms with Crippen LogP contribution in [0.25, 0.3) is 10.8 Å². The maximum Gasteiger partial charge on any atom is 0.262 e. The fourth-order valence-corrected chi connectivity index (χ4v) is 3.94.